The molecule has 4 rings (SSSR count). The summed E-state index contributed by atoms with van der Waals surface area (Å²) in [6.45, 7) is 3.39. The van der Waals surface area contributed by atoms with Crippen LogP contribution in [0.5, 0.6) is 0 Å². The van der Waals surface area contributed by atoms with Crippen LogP contribution in [0.1, 0.15) is 31.4 Å². The summed E-state index contributed by atoms with van der Waals surface area (Å²) in [5, 5.41) is 3.95. The lowest BCUT2D eigenvalue weighted by molar-refractivity contribution is -0.140. The van der Waals surface area contributed by atoms with Crippen molar-refractivity contribution in [3.63, 3.8) is 0 Å². The summed E-state index contributed by atoms with van der Waals surface area (Å²) >= 11 is 12.2. The van der Waals surface area contributed by atoms with Crippen molar-refractivity contribution in [2.45, 2.75) is 50.2 Å². The van der Waals surface area contributed by atoms with Crippen LogP contribution >= 0.6 is 23.2 Å². The topological polar surface area (TPSA) is 86.8 Å². The van der Waals surface area contributed by atoms with Crippen molar-refractivity contribution >= 4 is 50.7 Å². The summed E-state index contributed by atoms with van der Waals surface area (Å²) in [5.74, 6) is -0.862. The second-order valence-electron chi connectivity index (χ2n) is 10.5. The number of amides is 2. The first kappa shape index (κ1) is 33.1. The monoisotopic (exact) mass is 651 g/mol. The number of carbonyl (C=O) groups is 2. The smallest absolute Gasteiger partial charge is 0.264 e. The third-order valence-corrected chi connectivity index (χ3v) is 9.56. The molecule has 10 heteroatoms. The minimum absolute atomic E-state index is 0.0156. The van der Waals surface area contributed by atoms with E-state index >= 15 is 0 Å². The van der Waals surface area contributed by atoms with Crippen molar-refractivity contribution in [1.29, 1.82) is 0 Å². The Morgan fingerprint density at radius 3 is 1.89 bits per heavy atom. The van der Waals surface area contributed by atoms with Crippen LogP contribution in [-0.4, -0.2) is 43.8 Å². The number of hydrogen-bond donors (Lipinski definition) is 1. The van der Waals surface area contributed by atoms with Crippen molar-refractivity contribution in [3.8, 4) is 0 Å². The molecule has 230 valence electrons. The molecule has 4 aromatic rings. The molecule has 0 aliphatic rings. The molecule has 0 saturated carbocycles. The summed E-state index contributed by atoms with van der Waals surface area (Å²) in [6, 6.07) is 29.6. The van der Waals surface area contributed by atoms with E-state index in [0.717, 1.165) is 15.4 Å². The fraction of sp³-hybridized carbons (Fsp3) is 0.235. The highest BCUT2D eigenvalue weighted by molar-refractivity contribution is 7.92. The van der Waals surface area contributed by atoms with Crippen molar-refractivity contribution in [2.75, 3.05) is 10.8 Å². The number of nitrogens with zero attached hydrogens (tertiary/aromatic N) is 2. The molecule has 0 aliphatic carbocycles. The van der Waals surface area contributed by atoms with Crippen LogP contribution in [0.15, 0.2) is 114 Å². The van der Waals surface area contributed by atoms with Gasteiger partial charge >= 0.3 is 0 Å². The molecule has 0 fully saturated rings. The van der Waals surface area contributed by atoms with Crippen LogP contribution in [0, 0.1) is 0 Å². The predicted molar refractivity (Wildman–Crippen MR) is 176 cm³/mol. The molecule has 0 aromatic heterocycles. The Labute approximate surface area is 269 Å². The second-order valence-corrected chi connectivity index (χ2v) is 13.2. The largest absolute Gasteiger partial charge is 0.352 e. The van der Waals surface area contributed by atoms with Gasteiger partial charge in [-0.05, 0) is 73.0 Å². The van der Waals surface area contributed by atoms with Crippen LogP contribution < -0.4 is 9.62 Å². The first-order valence-electron chi connectivity index (χ1n) is 14.3. The number of anilines is 1. The number of nitrogens with one attached hydrogen (secondary N) is 1. The normalized spacial score (nSPS) is 12.6. The summed E-state index contributed by atoms with van der Waals surface area (Å²) in [6.07, 6.45) is 0.938. The number of sulfonamides is 1. The highest BCUT2D eigenvalue weighted by Crippen LogP contribution is 2.26. The molecule has 0 heterocycles. The van der Waals surface area contributed by atoms with E-state index in [1.165, 1.54) is 29.2 Å². The Balaban J connectivity index is 1.78. The van der Waals surface area contributed by atoms with E-state index in [0.29, 0.717) is 22.2 Å². The van der Waals surface area contributed by atoms with Gasteiger partial charge in [-0.1, -0.05) is 90.8 Å². The standard InChI is InChI=1S/C34H35Cl2N3O4S/c1-3-25(2)37-34(41)32(22-26-10-6-4-7-11-26)38(23-27-14-16-28(35)17-15-27)33(40)24-39(30-12-8-5-9-13-30)44(42,43)31-20-18-29(36)19-21-31/h4-21,25,32H,3,22-24H2,1-2H3,(H,37,41)/t25-,32+/m0/s1. The highest BCUT2D eigenvalue weighted by Gasteiger charge is 2.35. The van der Waals surface area contributed by atoms with Crippen LogP contribution in [-0.2, 0) is 32.6 Å². The van der Waals surface area contributed by atoms with E-state index in [2.05, 4.69) is 5.32 Å². The average Bonchev–Trinajstić information content (AvgIpc) is 3.03. The van der Waals surface area contributed by atoms with Gasteiger partial charge in [-0.25, -0.2) is 8.42 Å². The number of halogens is 2. The summed E-state index contributed by atoms with van der Waals surface area (Å²) in [7, 11) is -4.20. The van der Waals surface area contributed by atoms with Gasteiger partial charge in [-0.15, -0.1) is 0 Å². The third-order valence-electron chi connectivity index (χ3n) is 7.26. The summed E-state index contributed by atoms with van der Waals surface area (Å²) in [5.41, 5.74) is 1.91. The number of para-hydroxylation sites is 1. The Bertz CT molecular complexity index is 1640. The molecule has 7 nitrogen and oxygen atoms in total. The maximum absolute atomic E-state index is 14.4. The zero-order valence-corrected chi connectivity index (χ0v) is 26.9. The molecule has 0 saturated heterocycles. The van der Waals surface area contributed by atoms with E-state index < -0.39 is 28.5 Å². The quantitative estimate of drug-likeness (QED) is 0.173. The molecule has 1 N–H and O–H groups in total. The Morgan fingerprint density at radius 2 is 1.32 bits per heavy atom. The lowest BCUT2D eigenvalue weighted by atomic mass is 10.0. The molecule has 0 spiro atoms. The minimum atomic E-state index is -4.20. The Kier molecular flexibility index (Phi) is 11.4. The zero-order chi connectivity index (χ0) is 31.7. The molecule has 4 aromatic carbocycles. The van der Waals surface area contributed by atoms with Gasteiger partial charge in [0.15, 0.2) is 0 Å². The first-order valence-corrected chi connectivity index (χ1v) is 16.5. The SMILES string of the molecule is CC[C@H](C)NC(=O)[C@@H](Cc1ccccc1)N(Cc1ccc(Cl)cc1)C(=O)CN(c1ccccc1)S(=O)(=O)c1ccc(Cl)cc1. The van der Waals surface area contributed by atoms with Gasteiger partial charge in [0.1, 0.15) is 12.6 Å². The van der Waals surface area contributed by atoms with Crippen molar-refractivity contribution in [2.24, 2.45) is 0 Å². The van der Waals surface area contributed by atoms with Crippen LogP contribution in [0.2, 0.25) is 10.0 Å². The summed E-state index contributed by atoms with van der Waals surface area (Å²) < 4.78 is 29.1. The van der Waals surface area contributed by atoms with Gasteiger partial charge < -0.3 is 10.2 Å². The molecular formula is C34H35Cl2N3O4S. The molecule has 2 amide bonds. The van der Waals surface area contributed by atoms with E-state index in [1.54, 1.807) is 54.6 Å². The average molecular weight is 653 g/mol. The number of benzene rings is 4. The number of carbonyl (C=O) groups excluding carboxylic acids is 2. The van der Waals surface area contributed by atoms with Gasteiger partial charge in [-0.3, -0.25) is 13.9 Å². The second kappa shape index (κ2) is 15.2. The van der Waals surface area contributed by atoms with Crippen LogP contribution in [0.3, 0.4) is 0 Å². The van der Waals surface area contributed by atoms with E-state index in [9.17, 15) is 18.0 Å². The van der Waals surface area contributed by atoms with Gasteiger partial charge in [0, 0.05) is 29.1 Å². The maximum atomic E-state index is 14.4. The van der Waals surface area contributed by atoms with Gasteiger partial charge in [0.25, 0.3) is 10.0 Å². The lowest BCUT2D eigenvalue weighted by Crippen LogP contribution is -2.54. The Hall–Kier alpha value is -3.85. The fourth-order valence-corrected chi connectivity index (χ4v) is 6.30. The van der Waals surface area contributed by atoms with Crippen molar-refractivity contribution in [1.82, 2.24) is 10.2 Å². The zero-order valence-electron chi connectivity index (χ0n) is 24.6. The van der Waals surface area contributed by atoms with Crippen LogP contribution in [0.4, 0.5) is 5.69 Å². The summed E-state index contributed by atoms with van der Waals surface area (Å²) in [4.78, 5) is 29.7. The molecule has 2 atom stereocenters. The lowest BCUT2D eigenvalue weighted by Gasteiger charge is -2.34. The van der Waals surface area contributed by atoms with E-state index in [4.69, 9.17) is 23.2 Å². The predicted octanol–water partition coefficient (Wildman–Crippen LogP) is 6.74. The number of hydrogen-bond acceptors (Lipinski definition) is 4. The van der Waals surface area contributed by atoms with E-state index in [1.807, 2.05) is 44.2 Å². The third kappa shape index (κ3) is 8.62. The van der Waals surface area contributed by atoms with Gasteiger partial charge in [-0.2, -0.15) is 0 Å². The first-order chi connectivity index (χ1) is 21.1. The van der Waals surface area contributed by atoms with Gasteiger partial charge in [0.05, 0.1) is 10.6 Å². The molecule has 0 bridgehead atoms. The van der Waals surface area contributed by atoms with Crippen LogP contribution in [0.25, 0.3) is 0 Å². The highest BCUT2D eigenvalue weighted by atomic mass is 35.5. The maximum Gasteiger partial charge on any atom is 0.264 e. The van der Waals surface area contributed by atoms with Crippen molar-refractivity contribution < 1.29 is 18.0 Å². The van der Waals surface area contributed by atoms with E-state index in [-0.39, 0.29) is 29.8 Å². The molecular weight excluding hydrogens is 617 g/mol. The fourth-order valence-electron chi connectivity index (χ4n) is 4.64. The van der Waals surface area contributed by atoms with Gasteiger partial charge in [0.2, 0.25) is 11.8 Å². The molecule has 0 unspecified atom stereocenters. The minimum Gasteiger partial charge on any atom is -0.352 e. The molecule has 44 heavy (non-hydrogen) atoms. The molecule has 0 aliphatic heterocycles. The Morgan fingerprint density at radius 1 is 0.773 bits per heavy atom. The number of rotatable bonds is 13. The van der Waals surface area contributed by atoms with Crippen molar-refractivity contribution in [3.05, 3.63) is 130 Å². The molecule has 0 radical (unpaired) electrons.